The molecule has 2 aliphatic rings. The summed E-state index contributed by atoms with van der Waals surface area (Å²) >= 11 is 1.89. The topological polar surface area (TPSA) is 27.6 Å². The first-order valence-corrected chi connectivity index (χ1v) is 6.94. The highest BCUT2D eigenvalue weighted by atomic mass is 35.5. The second-order valence-electron chi connectivity index (χ2n) is 4.69. The van der Waals surface area contributed by atoms with E-state index in [0.29, 0.717) is 5.25 Å². The number of thioether (sulfide) groups is 1. The Morgan fingerprint density at radius 1 is 1.32 bits per heavy atom. The van der Waals surface area contributed by atoms with E-state index >= 15 is 0 Å². The van der Waals surface area contributed by atoms with E-state index in [1.165, 1.54) is 30.8 Å². The van der Waals surface area contributed by atoms with Gasteiger partial charge >= 0.3 is 0 Å². The Morgan fingerprint density at radius 3 is 2.84 bits per heavy atom. The highest BCUT2D eigenvalue weighted by molar-refractivity contribution is 8.14. The van der Waals surface area contributed by atoms with Crippen molar-refractivity contribution in [2.75, 3.05) is 25.5 Å². The minimum atomic E-state index is 0. The molecule has 106 valence electrons. The molecule has 0 bridgehead atoms. The van der Waals surface area contributed by atoms with Crippen LogP contribution in [0.15, 0.2) is 29.3 Å². The van der Waals surface area contributed by atoms with Crippen molar-refractivity contribution in [2.45, 2.75) is 18.2 Å². The van der Waals surface area contributed by atoms with Gasteiger partial charge in [-0.25, -0.2) is 0 Å². The first-order chi connectivity index (χ1) is 8.31. The van der Waals surface area contributed by atoms with Gasteiger partial charge in [-0.15, -0.1) is 24.8 Å². The van der Waals surface area contributed by atoms with Crippen molar-refractivity contribution in [2.24, 2.45) is 4.99 Å². The van der Waals surface area contributed by atoms with Gasteiger partial charge in [0.25, 0.3) is 0 Å². The summed E-state index contributed by atoms with van der Waals surface area (Å²) in [5.74, 6) is 0. The third-order valence-electron chi connectivity index (χ3n) is 3.28. The number of para-hydroxylation sites is 1. The van der Waals surface area contributed by atoms with Gasteiger partial charge in [0.2, 0.25) is 0 Å². The van der Waals surface area contributed by atoms with Crippen LogP contribution in [0, 0.1) is 0 Å². The number of halogens is 2. The van der Waals surface area contributed by atoms with Crippen LogP contribution in [0.5, 0.6) is 0 Å². The van der Waals surface area contributed by atoms with Gasteiger partial charge in [0.05, 0.1) is 6.54 Å². The first kappa shape index (κ1) is 16.6. The van der Waals surface area contributed by atoms with E-state index in [1.807, 2.05) is 11.8 Å². The third kappa shape index (κ3) is 4.02. The third-order valence-corrected chi connectivity index (χ3v) is 4.45. The van der Waals surface area contributed by atoms with E-state index in [9.17, 15) is 0 Å². The van der Waals surface area contributed by atoms with E-state index in [4.69, 9.17) is 0 Å². The number of hydrogen-bond donors (Lipinski definition) is 1. The molecule has 0 radical (unpaired) electrons. The summed E-state index contributed by atoms with van der Waals surface area (Å²) in [5.41, 5.74) is 2.51. The number of benzene rings is 1. The summed E-state index contributed by atoms with van der Waals surface area (Å²) < 4.78 is 0. The highest BCUT2D eigenvalue weighted by Crippen LogP contribution is 2.28. The fourth-order valence-electron chi connectivity index (χ4n) is 2.31. The Kier molecular flexibility index (Phi) is 6.47. The number of likely N-dealkylation sites (tertiary alicyclic amines) is 1. The van der Waals surface area contributed by atoms with E-state index in [1.54, 1.807) is 0 Å². The molecule has 6 heteroatoms. The predicted octanol–water partition coefficient (Wildman–Crippen LogP) is 3.25. The van der Waals surface area contributed by atoms with Crippen LogP contribution in [0.1, 0.15) is 12.0 Å². The normalized spacial score (nSPS) is 21.5. The summed E-state index contributed by atoms with van der Waals surface area (Å²) in [6, 6.07) is 8.41. The van der Waals surface area contributed by atoms with Crippen LogP contribution in [0.3, 0.4) is 0 Å². The van der Waals surface area contributed by atoms with Crippen LogP contribution < -0.4 is 5.32 Å². The van der Waals surface area contributed by atoms with Gasteiger partial charge in [0, 0.05) is 17.5 Å². The molecule has 0 spiro atoms. The molecule has 2 heterocycles. The molecule has 3 nitrogen and oxygen atoms in total. The van der Waals surface area contributed by atoms with E-state index in [-0.39, 0.29) is 24.8 Å². The van der Waals surface area contributed by atoms with Crippen LogP contribution in [-0.4, -0.2) is 35.5 Å². The lowest BCUT2D eigenvalue weighted by Crippen LogP contribution is -2.20. The summed E-state index contributed by atoms with van der Waals surface area (Å²) in [6.45, 7) is 3.20. The zero-order valence-electron chi connectivity index (χ0n) is 10.8. The number of anilines is 1. The van der Waals surface area contributed by atoms with Crippen LogP contribution in [0.25, 0.3) is 0 Å². The van der Waals surface area contributed by atoms with Crippen molar-refractivity contribution < 1.29 is 0 Å². The molecular weight excluding hydrogens is 301 g/mol. The van der Waals surface area contributed by atoms with Gasteiger partial charge in [-0.05, 0) is 31.6 Å². The van der Waals surface area contributed by atoms with Crippen molar-refractivity contribution in [3.8, 4) is 0 Å². The zero-order chi connectivity index (χ0) is 11.7. The minimum absolute atomic E-state index is 0. The second-order valence-corrected chi connectivity index (χ2v) is 5.98. The fourth-order valence-corrected chi connectivity index (χ4v) is 3.48. The molecule has 0 saturated carbocycles. The fraction of sp³-hybridized carbons (Fsp3) is 0.462. The standard InChI is InChI=1S/C13H17N3S.2ClH/c1-16-7-6-11(9-16)17-13-14-8-10-4-2-3-5-12(10)15-13;;/h2-5,11H,6-9H2,1H3,(H,14,15);2*1H. The summed E-state index contributed by atoms with van der Waals surface area (Å²) in [7, 11) is 2.19. The lowest BCUT2D eigenvalue weighted by atomic mass is 10.1. The number of nitrogens with zero attached hydrogens (tertiary/aromatic N) is 2. The number of aliphatic imine (C=N–C) groups is 1. The monoisotopic (exact) mass is 319 g/mol. The molecule has 1 fully saturated rings. The molecule has 1 unspecified atom stereocenters. The quantitative estimate of drug-likeness (QED) is 0.861. The number of hydrogen-bond acceptors (Lipinski definition) is 4. The molecule has 1 N–H and O–H groups in total. The number of fused-ring (bicyclic) bond motifs is 1. The van der Waals surface area contributed by atoms with Gasteiger partial charge < -0.3 is 10.2 Å². The van der Waals surface area contributed by atoms with Gasteiger partial charge in [0.1, 0.15) is 0 Å². The smallest absolute Gasteiger partial charge is 0.161 e. The molecule has 19 heavy (non-hydrogen) atoms. The summed E-state index contributed by atoms with van der Waals surface area (Å²) in [4.78, 5) is 6.99. The SMILES string of the molecule is CN1CCC(SC2=NCc3ccccc3N2)C1.Cl.Cl. The number of nitrogens with one attached hydrogen (secondary N) is 1. The zero-order valence-corrected chi connectivity index (χ0v) is 13.3. The largest absolute Gasteiger partial charge is 0.335 e. The van der Waals surface area contributed by atoms with E-state index in [2.05, 4.69) is 46.5 Å². The maximum absolute atomic E-state index is 4.61. The second kappa shape index (κ2) is 7.39. The molecule has 0 aromatic heterocycles. The average molecular weight is 320 g/mol. The van der Waals surface area contributed by atoms with Crippen LogP contribution >= 0.6 is 36.6 Å². The van der Waals surface area contributed by atoms with Crippen molar-refractivity contribution in [1.29, 1.82) is 0 Å². The molecule has 2 aliphatic heterocycles. The average Bonchev–Trinajstić information content (AvgIpc) is 2.75. The molecule has 0 aliphatic carbocycles. The van der Waals surface area contributed by atoms with Crippen LogP contribution in [0.2, 0.25) is 0 Å². The minimum Gasteiger partial charge on any atom is -0.335 e. The van der Waals surface area contributed by atoms with Gasteiger partial charge in [0.15, 0.2) is 5.17 Å². The molecular formula is C13H19Cl2N3S. The van der Waals surface area contributed by atoms with E-state index < -0.39 is 0 Å². The number of rotatable bonds is 1. The first-order valence-electron chi connectivity index (χ1n) is 6.06. The Morgan fingerprint density at radius 2 is 2.11 bits per heavy atom. The molecule has 1 aromatic carbocycles. The molecule has 3 rings (SSSR count). The Hall–Kier alpha value is -0.420. The number of amidine groups is 1. The lowest BCUT2D eigenvalue weighted by Gasteiger charge is -2.19. The van der Waals surface area contributed by atoms with Gasteiger partial charge in [-0.3, -0.25) is 4.99 Å². The summed E-state index contributed by atoms with van der Waals surface area (Å²) in [6.07, 6.45) is 1.27. The Bertz CT molecular complexity index is 453. The van der Waals surface area contributed by atoms with Crippen molar-refractivity contribution in [3.05, 3.63) is 29.8 Å². The van der Waals surface area contributed by atoms with E-state index in [0.717, 1.165) is 11.7 Å². The van der Waals surface area contributed by atoms with Gasteiger partial charge in [-0.1, -0.05) is 30.0 Å². The lowest BCUT2D eigenvalue weighted by molar-refractivity contribution is 0.419. The molecule has 1 aromatic rings. The van der Waals surface area contributed by atoms with Crippen molar-refractivity contribution in [3.63, 3.8) is 0 Å². The predicted molar refractivity (Wildman–Crippen MR) is 89.2 cm³/mol. The maximum Gasteiger partial charge on any atom is 0.161 e. The summed E-state index contributed by atoms with van der Waals surface area (Å²) in [5, 5.41) is 5.21. The van der Waals surface area contributed by atoms with Gasteiger partial charge in [-0.2, -0.15) is 0 Å². The van der Waals surface area contributed by atoms with Crippen LogP contribution in [-0.2, 0) is 6.54 Å². The van der Waals surface area contributed by atoms with Crippen molar-refractivity contribution in [1.82, 2.24) is 4.90 Å². The molecule has 1 saturated heterocycles. The maximum atomic E-state index is 4.61. The Balaban J connectivity index is 0.000000902. The molecule has 1 atom stereocenters. The Labute approximate surface area is 131 Å². The van der Waals surface area contributed by atoms with Crippen LogP contribution in [0.4, 0.5) is 5.69 Å². The van der Waals surface area contributed by atoms with Crippen molar-refractivity contribution >= 4 is 47.4 Å². The highest BCUT2D eigenvalue weighted by Gasteiger charge is 2.23. The molecule has 0 amide bonds.